The first-order chi connectivity index (χ1) is 10.2. The predicted octanol–water partition coefficient (Wildman–Crippen LogP) is 4.09. The van der Waals surface area contributed by atoms with Crippen LogP contribution < -0.4 is 10.5 Å². The molecule has 2 aromatic rings. The molecule has 0 saturated carbocycles. The van der Waals surface area contributed by atoms with Crippen LogP contribution in [0.5, 0.6) is 11.5 Å². The Bertz CT molecular complexity index is 762. The van der Waals surface area contributed by atoms with Crippen molar-refractivity contribution >= 4 is 39.5 Å². The standard InChI is InChI=1S/C16H13IN2OS/c17-10-5-6-14-12(9-10)16(7-8-21-15(18)19-16)11-3-1-2-4-13(11)20-14/h1-6,9H,7-8H2,(H2,18,19). The summed E-state index contributed by atoms with van der Waals surface area (Å²) in [5.74, 6) is 2.74. The first-order valence-corrected chi connectivity index (χ1v) is 8.81. The van der Waals surface area contributed by atoms with Gasteiger partial charge in [0.1, 0.15) is 17.0 Å². The number of aliphatic imine (C=N–C) groups is 1. The van der Waals surface area contributed by atoms with Gasteiger partial charge in [0.15, 0.2) is 5.17 Å². The molecule has 0 aliphatic carbocycles. The summed E-state index contributed by atoms with van der Waals surface area (Å²) in [6.45, 7) is 0. The summed E-state index contributed by atoms with van der Waals surface area (Å²) in [6, 6.07) is 14.4. The second-order valence-electron chi connectivity index (χ2n) is 5.15. The van der Waals surface area contributed by atoms with Crippen LogP contribution in [0.25, 0.3) is 0 Å². The number of nitrogens with zero attached hydrogens (tertiary/aromatic N) is 1. The van der Waals surface area contributed by atoms with Gasteiger partial charge < -0.3 is 10.5 Å². The predicted molar refractivity (Wildman–Crippen MR) is 95.2 cm³/mol. The van der Waals surface area contributed by atoms with Gasteiger partial charge in [0.25, 0.3) is 0 Å². The monoisotopic (exact) mass is 408 g/mol. The lowest BCUT2D eigenvalue weighted by Crippen LogP contribution is -2.35. The minimum Gasteiger partial charge on any atom is -0.457 e. The lowest BCUT2D eigenvalue weighted by atomic mass is 9.78. The third-order valence-electron chi connectivity index (χ3n) is 3.95. The number of benzene rings is 2. The highest BCUT2D eigenvalue weighted by molar-refractivity contribution is 14.1. The molecule has 1 atom stereocenters. The molecule has 2 aromatic carbocycles. The third kappa shape index (κ3) is 2.05. The van der Waals surface area contributed by atoms with Gasteiger partial charge in [0.05, 0.1) is 0 Å². The molecular weight excluding hydrogens is 395 g/mol. The number of fused-ring (bicyclic) bond motifs is 4. The van der Waals surface area contributed by atoms with Gasteiger partial charge in [-0.05, 0) is 53.3 Å². The molecule has 21 heavy (non-hydrogen) atoms. The molecule has 2 aliphatic rings. The largest absolute Gasteiger partial charge is 0.457 e. The Labute approximate surface area is 141 Å². The van der Waals surface area contributed by atoms with Crippen molar-refractivity contribution in [3.05, 3.63) is 57.2 Å². The van der Waals surface area contributed by atoms with Gasteiger partial charge in [0, 0.05) is 20.4 Å². The van der Waals surface area contributed by atoms with E-state index in [1.807, 2.05) is 24.3 Å². The number of nitrogens with two attached hydrogens (primary N) is 1. The van der Waals surface area contributed by atoms with E-state index in [1.54, 1.807) is 11.8 Å². The number of amidine groups is 1. The van der Waals surface area contributed by atoms with E-state index in [0.717, 1.165) is 34.8 Å². The summed E-state index contributed by atoms with van der Waals surface area (Å²) in [5, 5.41) is 0.655. The Kier molecular flexibility index (Phi) is 3.15. The van der Waals surface area contributed by atoms with E-state index in [0.29, 0.717) is 5.17 Å². The van der Waals surface area contributed by atoms with Gasteiger partial charge in [-0.25, -0.2) is 4.99 Å². The molecule has 0 radical (unpaired) electrons. The number of rotatable bonds is 0. The fraction of sp³-hybridized carbons (Fsp3) is 0.188. The van der Waals surface area contributed by atoms with Crippen LogP contribution in [-0.4, -0.2) is 10.9 Å². The average Bonchev–Trinajstić information content (AvgIpc) is 2.49. The van der Waals surface area contributed by atoms with E-state index in [1.165, 1.54) is 3.57 Å². The third-order valence-corrected chi connectivity index (χ3v) is 5.42. The van der Waals surface area contributed by atoms with Crippen LogP contribution in [0.1, 0.15) is 17.5 Å². The smallest absolute Gasteiger partial charge is 0.155 e. The van der Waals surface area contributed by atoms with Gasteiger partial charge >= 0.3 is 0 Å². The Morgan fingerprint density at radius 2 is 1.95 bits per heavy atom. The van der Waals surface area contributed by atoms with E-state index >= 15 is 0 Å². The maximum absolute atomic E-state index is 6.07. The Morgan fingerprint density at radius 3 is 2.81 bits per heavy atom. The molecule has 0 bridgehead atoms. The molecule has 1 unspecified atom stereocenters. The van der Waals surface area contributed by atoms with Gasteiger partial charge in [-0.2, -0.15) is 0 Å². The Hall–Kier alpha value is -1.21. The molecule has 2 aliphatic heterocycles. The van der Waals surface area contributed by atoms with Crippen molar-refractivity contribution in [3.63, 3.8) is 0 Å². The van der Waals surface area contributed by atoms with Crippen LogP contribution in [0, 0.1) is 3.57 Å². The van der Waals surface area contributed by atoms with E-state index in [2.05, 4.69) is 40.8 Å². The van der Waals surface area contributed by atoms with E-state index in [9.17, 15) is 0 Å². The second-order valence-corrected chi connectivity index (χ2v) is 7.51. The summed E-state index contributed by atoms with van der Waals surface area (Å²) in [6.07, 6.45) is 0.936. The number of thioether (sulfide) groups is 1. The first-order valence-electron chi connectivity index (χ1n) is 6.74. The highest BCUT2D eigenvalue weighted by atomic mass is 127. The quantitative estimate of drug-likeness (QED) is 0.668. The molecule has 0 aromatic heterocycles. The normalized spacial score (nSPS) is 23.0. The van der Waals surface area contributed by atoms with E-state index in [-0.39, 0.29) is 0 Å². The summed E-state index contributed by atoms with van der Waals surface area (Å²) in [7, 11) is 0. The molecular formula is C16H13IN2OS. The molecule has 4 rings (SSSR count). The number of hydrogen-bond acceptors (Lipinski definition) is 4. The van der Waals surface area contributed by atoms with Gasteiger partial charge in [-0.3, -0.25) is 0 Å². The lowest BCUT2D eigenvalue weighted by Gasteiger charge is -2.39. The fourth-order valence-corrected chi connectivity index (χ4v) is 4.36. The summed E-state index contributed by atoms with van der Waals surface area (Å²) < 4.78 is 7.26. The second kappa shape index (κ2) is 4.91. The Balaban J connectivity index is 2.05. The van der Waals surface area contributed by atoms with Crippen molar-refractivity contribution in [1.29, 1.82) is 0 Å². The van der Waals surface area contributed by atoms with Gasteiger partial charge in [-0.15, -0.1) is 0 Å². The SMILES string of the molecule is NC1=NC2(CCS1)c1ccccc1Oc1ccc(I)cc12. The maximum atomic E-state index is 6.07. The van der Waals surface area contributed by atoms with Crippen molar-refractivity contribution in [2.75, 3.05) is 5.75 Å². The highest BCUT2D eigenvalue weighted by Crippen LogP contribution is 2.52. The van der Waals surface area contributed by atoms with Crippen molar-refractivity contribution in [1.82, 2.24) is 0 Å². The van der Waals surface area contributed by atoms with Gasteiger partial charge in [-0.1, -0.05) is 30.0 Å². The van der Waals surface area contributed by atoms with Crippen LogP contribution in [0.3, 0.4) is 0 Å². The zero-order valence-electron chi connectivity index (χ0n) is 11.2. The summed E-state index contributed by atoms with van der Waals surface area (Å²) >= 11 is 3.95. The summed E-state index contributed by atoms with van der Waals surface area (Å²) in [5.41, 5.74) is 7.90. The molecule has 106 valence electrons. The molecule has 1 spiro atoms. The van der Waals surface area contributed by atoms with E-state index in [4.69, 9.17) is 15.5 Å². The van der Waals surface area contributed by atoms with Crippen molar-refractivity contribution in [2.45, 2.75) is 12.0 Å². The zero-order chi connectivity index (χ0) is 14.4. The fourth-order valence-electron chi connectivity index (χ4n) is 3.04. The topological polar surface area (TPSA) is 47.6 Å². The van der Waals surface area contributed by atoms with Crippen molar-refractivity contribution < 1.29 is 4.74 Å². The van der Waals surface area contributed by atoms with Crippen LogP contribution in [0.15, 0.2) is 47.5 Å². The molecule has 5 heteroatoms. The summed E-state index contributed by atoms with van der Waals surface area (Å²) in [4.78, 5) is 4.87. The van der Waals surface area contributed by atoms with Crippen LogP contribution in [-0.2, 0) is 5.54 Å². The van der Waals surface area contributed by atoms with E-state index < -0.39 is 5.54 Å². The number of para-hydroxylation sites is 1. The number of hydrogen-bond donors (Lipinski definition) is 1. The minimum atomic E-state index is -0.402. The number of ether oxygens (including phenoxy) is 1. The minimum absolute atomic E-state index is 0.402. The molecule has 0 saturated heterocycles. The van der Waals surface area contributed by atoms with Crippen molar-refractivity contribution in [2.24, 2.45) is 10.7 Å². The highest BCUT2D eigenvalue weighted by Gasteiger charge is 2.43. The van der Waals surface area contributed by atoms with Crippen molar-refractivity contribution in [3.8, 4) is 11.5 Å². The van der Waals surface area contributed by atoms with Gasteiger partial charge in [0.2, 0.25) is 0 Å². The van der Waals surface area contributed by atoms with Crippen LogP contribution in [0.2, 0.25) is 0 Å². The maximum Gasteiger partial charge on any atom is 0.155 e. The molecule has 0 fully saturated rings. The first kappa shape index (κ1) is 13.5. The van der Waals surface area contributed by atoms with Crippen LogP contribution >= 0.6 is 34.4 Å². The van der Waals surface area contributed by atoms with Crippen LogP contribution in [0.4, 0.5) is 0 Å². The molecule has 2 heterocycles. The lowest BCUT2D eigenvalue weighted by molar-refractivity contribution is 0.391. The molecule has 3 nitrogen and oxygen atoms in total. The average molecular weight is 408 g/mol. The molecule has 2 N–H and O–H groups in total. The number of halogens is 1. The molecule has 0 amide bonds. The Morgan fingerprint density at radius 1 is 1.14 bits per heavy atom. The zero-order valence-corrected chi connectivity index (χ0v) is 14.1.